The molecule has 388 valence electrons. The molecule has 3 N–H and O–H groups in total. The minimum atomic E-state index is -2.56. The molecule has 3 aromatic rings. The van der Waals surface area contributed by atoms with Crippen molar-refractivity contribution in [3.05, 3.63) is 89.7 Å². The summed E-state index contributed by atoms with van der Waals surface area (Å²) in [6.45, 7) is 11.9. The van der Waals surface area contributed by atoms with Gasteiger partial charge in [0.25, 0.3) is 11.7 Å². The van der Waals surface area contributed by atoms with Gasteiger partial charge < -0.3 is 48.5 Å². The summed E-state index contributed by atoms with van der Waals surface area (Å²) in [5, 5.41) is 36.3. The number of hydrogen-bond donors (Lipinski definition) is 3. The van der Waals surface area contributed by atoms with Crippen LogP contribution in [0.15, 0.2) is 84.1 Å². The maximum absolute atomic E-state index is 14.5. The van der Waals surface area contributed by atoms with Gasteiger partial charge in [-0.05, 0) is 137 Å². The Labute approximate surface area is 419 Å². The highest BCUT2D eigenvalue weighted by Crippen LogP contribution is 2.40. The van der Waals surface area contributed by atoms with E-state index in [9.17, 15) is 34.5 Å². The molecule has 14 heteroatoms. The van der Waals surface area contributed by atoms with Crippen molar-refractivity contribution in [2.75, 3.05) is 20.8 Å². The summed E-state index contributed by atoms with van der Waals surface area (Å²) in [4.78, 5) is 58.5. The van der Waals surface area contributed by atoms with Crippen LogP contribution in [0.5, 0.6) is 5.75 Å². The number of rotatable bonds is 9. The summed E-state index contributed by atoms with van der Waals surface area (Å²) in [6.07, 6.45) is 5.32. The van der Waals surface area contributed by atoms with Crippen molar-refractivity contribution < 1.29 is 58.2 Å². The van der Waals surface area contributed by atoms with E-state index in [2.05, 4.69) is 41.1 Å². The van der Waals surface area contributed by atoms with Crippen LogP contribution in [-0.4, -0.2) is 124 Å². The first-order valence-electron chi connectivity index (χ1n) is 26.0. The van der Waals surface area contributed by atoms with Crippen molar-refractivity contribution in [3.63, 3.8) is 0 Å². The van der Waals surface area contributed by atoms with Gasteiger partial charge in [0.05, 0.1) is 24.4 Å². The number of aromatic nitrogens is 1. The highest BCUT2D eigenvalue weighted by Gasteiger charge is 2.56. The van der Waals surface area contributed by atoms with Crippen molar-refractivity contribution in [2.45, 2.75) is 173 Å². The number of hydrogen-bond acceptors (Lipinski definition) is 12. The molecule has 7 rings (SSSR count). The molecule has 2 bridgehead atoms. The fraction of sp³-hybridized carbons (Fsp3) is 0.614. The van der Waals surface area contributed by atoms with E-state index in [0.29, 0.717) is 56.3 Å². The number of carbonyl (C=O) groups excluding carboxylic acids is 4. The Morgan fingerprint density at radius 3 is 2.31 bits per heavy atom. The molecule has 4 heterocycles. The monoisotopic (exact) mass is 983 g/mol. The van der Waals surface area contributed by atoms with Crippen LogP contribution in [0.2, 0.25) is 0 Å². The molecule has 1 saturated carbocycles. The van der Waals surface area contributed by atoms with Crippen LogP contribution in [0.1, 0.15) is 118 Å². The van der Waals surface area contributed by atoms with Crippen molar-refractivity contribution in [1.29, 1.82) is 0 Å². The van der Waals surface area contributed by atoms with Crippen LogP contribution in [0.25, 0.3) is 10.9 Å². The number of piperidine rings is 1. The van der Waals surface area contributed by atoms with Gasteiger partial charge in [0.1, 0.15) is 35.9 Å². The quantitative estimate of drug-likeness (QED) is 0.107. The molecule has 71 heavy (non-hydrogen) atoms. The number of fused-ring (bicyclic) bond motifs is 4. The maximum Gasteiger partial charge on any atom is 0.329 e. The fourth-order valence-corrected chi connectivity index (χ4v) is 11.5. The van der Waals surface area contributed by atoms with E-state index >= 15 is 0 Å². The zero-order chi connectivity index (χ0) is 51.1. The lowest BCUT2D eigenvalue weighted by molar-refractivity contribution is -0.302. The number of amides is 1. The SMILES string of the molecule is CCC1C=C(C)C(O)C(C)CC(OC)C2OC(O)(C(=O)C(=O)N3CCCCC3C(=O)OC(C(C)=CC3CCC(Oc4ccc5c(ccn5Cc5ccccc5)c4)C(O)C3)C(C)CCC1=O)C(C)CC2OC. The molecule has 2 saturated heterocycles. The molecule has 14 atom stereocenters. The number of Topliss-reactive ketones (excluding diaryl/α,β-unsaturated/α-hetero) is 2. The average molecular weight is 983 g/mol. The molecule has 0 spiro atoms. The smallest absolute Gasteiger partial charge is 0.329 e. The first-order valence-corrected chi connectivity index (χ1v) is 26.0. The second-order valence-corrected chi connectivity index (χ2v) is 21.1. The van der Waals surface area contributed by atoms with Crippen LogP contribution < -0.4 is 4.74 Å². The summed E-state index contributed by atoms with van der Waals surface area (Å²) in [6, 6.07) is 17.3. The second kappa shape index (κ2) is 23.9. The third-order valence-corrected chi connectivity index (χ3v) is 16.0. The number of nitrogens with zero attached hydrogens (tertiary/aromatic N) is 2. The number of esters is 1. The van der Waals surface area contributed by atoms with Crippen molar-refractivity contribution in [1.82, 2.24) is 9.47 Å². The third-order valence-electron chi connectivity index (χ3n) is 16.0. The van der Waals surface area contributed by atoms with Crippen LogP contribution in [0.4, 0.5) is 0 Å². The second-order valence-electron chi connectivity index (χ2n) is 21.1. The molecule has 2 aromatic carbocycles. The zero-order valence-electron chi connectivity index (χ0n) is 43.0. The van der Waals surface area contributed by atoms with Crippen LogP contribution in [0, 0.1) is 29.6 Å². The molecule has 3 fully saturated rings. The molecule has 4 aliphatic rings. The molecule has 0 radical (unpaired) electrons. The summed E-state index contributed by atoms with van der Waals surface area (Å²) in [5.74, 6) is -6.89. The molecule has 14 unspecified atom stereocenters. The van der Waals surface area contributed by atoms with E-state index < -0.39 is 90.0 Å². The summed E-state index contributed by atoms with van der Waals surface area (Å²) < 4.78 is 33.1. The Morgan fingerprint density at radius 2 is 1.61 bits per heavy atom. The van der Waals surface area contributed by atoms with E-state index in [1.807, 2.05) is 64.1 Å². The highest BCUT2D eigenvalue weighted by atomic mass is 16.7. The van der Waals surface area contributed by atoms with E-state index in [-0.39, 0.29) is 49.8 Å². The number of benzene rings is 2. The van der Waals surface area contributed by atoms with E-state index in [4.69, 9.17) is 23.7 Å². The standard InChI is InChI=1S/C57H78N2O12/c1-9-41-28-35(3)51(62)36(4)29-49(67-7)53-50(68-8)30-38(6)57(66,71-53)54(63)55(64)59-25-14-13-17-45(59)56(65)70-52(34(2)18-22-46(41)60)37(5)27-40-19-23-48(47(61)31-40)69-43-20-21-44-42(32-43)24-26-58(44)33-39-15-11-10-12-16-39/h10-12,15-16,20-21,24,26-28,32,34,36,38,40-41,45,47-53,61-62,66H,9,13-14,17-19,22-23,25,29-31,33H2,1-8H3. The minimum Gasteiger partial charge on any atom is -0.488 e. The summed E-state index contributed by atoms with van der Waals surface area (Å²) in [7, 11) is 2.98. The number of aliphatic hydroxyl groups is 3. The Hall–Kier alpha value is -4.70. The van der Waals surface area contributed by atoms with Gasteiger partial charge in [0, 0.05) is 62.7 Å². The number of aliphatic hydroxyl groups excluding tert-OH is 2. The van der Waals surface area contributed by atoms with E-state index in [0.717, 1.165) is 23.0 Å². The molecule has 3 aliphatic heterocycles. The topological polar surface area (TPSA) is 183 Å². The normalized spacial score (nSPS) is 34.5. The first-order chi connectivity index (χ1) is 34.0. The Kier molecular flexibility index (Phi) is 18.2. The predicted octanol–water partition coefficient (Wildman–Crippen LogP) is 7.91. The van der Waals surface area contributed by atoms with Gasteiger partial charge >= 0.3 is 5.97 Å². The average Bonchev–Trinajstić information content (AvgIpc) is 3.77. The molecular weight excluding hydrogens is 905 g/mol. The predicted molar refractivity (Wildman–Crippen MR) is 269 cm³/mol. The van der Waals surface area contributed by atoms with Crippen LogP contribution in [0.3, 0.4) is 0 Å². The van der Waals surface area contributed by atoms with Gasteiger partial charge in [-0.2, -0.15) is 0 Å². The summed E-state index contributed by atoms with van der Waals surface area (Å²) in [5.41, 5.74) is 3.69. The Morgan fingerprint density at radius 1 is 0.873 bits per heavy atom. The van der Waals surface area contributed by atoms with Gasteiger partial charge in [-0.1, -0.05) is 70.2 Å². The molecular formula is C57H78N2O12. The van der Waals surface area contributed by atoms with Gasteiger partial charge in [-0.15, -0.1) is 0 Å². The lowest BCUT2D eigenvalue weighted by Crippen LogP contribution is -2.64. The molecule has 14 nitrogen and oxygen atoms in total. The van der Waals surface area contributed by atoms with Gasteiger partial charge in [0.2, 0.25) is 5.79 Å². The highest BCUT2D eigenvalue weighted by molar-refractivity contribution is 6.39. The number of carbonyl (C=O) groups is 4. The largest absolute Gasteiger partial charge is 0.488 e. The third kappa shape index (κ3) is 12.4. The van der Waals surface area contributed by atoms with Gasteiger partial charge in [0.15, 0.2) is 0 Å². The number of ether oxygens (including phenoxy) is 5. The van der Waals surface area contributed by atoms with Crippen LogP contribution in [-0.2, 0) is 44.7 Å². The van der Waals surface area contributed by atoms with Crippen molar-refractivity contribution in [3.8, 4) is 5.75 Å². The van der Waals surface area contributed by atoms with Crippen molar-refractivity contribution in [2.24, 2.45) is 29.6 Å². The maximum atomic E-state index is 14.5. The zero-order valence-corrected chi connectivity index (χ0v) is 43.0. The fourth-order valence-electron chi connectivity index (χ4n) is 11.5. The lowest BCUT2D eigenvalue weighted by Gasteiger charge is -2.47. The Balaban J connectivity index is 1.12. The van der Waals surface area contributed by atoms with E-state index in [1.165, 1.54) is 24.7 Å². The minimum absolute atomic E-state index is 0.00535. The number of ketones is 2. The van der Waals surface area contributed by atoms with Gasteiger partial charge in [-0.3, -0.25) is 14.4 Å². The molecule has 1 aromatic heterocycles. The van der Waals surface area contributed by atoms with Gasteiger partial charge in [-0.25, -0.2) is 4.79 Å². The number of methoxy groups -OCH3 is 2. The number of allylic oxidation sites excluding steroid dienone is 2. The molecule has 1 amide bonds. The summed E-state index contributed by atoms with van der Waals surface area (Å²) >= 11 is 0. The van der Waals surface area contributed by atoms with E-state index in [1.54, 1.807) is 13.8 Å². The van der Waals surface area contributed by atoms with Crippen molar-refractivity contribution >= 4 is 34.3 Å². The first kappa shape index (κ1) is 54.1. The van der Waals surface area contributed by atoms with Crippen LogP contribution >= 0.6 is 0 Å². The number of cyclic esters (lactones) is 1. The molecule has 1 aliphatic carbocycles. The lowest BCUT2D eigenvalue weighted by atomic mass is 9.81. The Bertz CT molecular complexity index is 2380.